The summed E-state index contributed by atoms with van der Waals surface area (Å²) < 4.78 is 22.2. The van der Waals surface area contributed by atoms with E-state index in [4.69, 9.17) is 10.7 Å². The number of hydrogen-bond acceptors (Lipinski definition) is 5. The number of nitrogens with zero attached hydrogens (tertiary/aromatic N) is 1. The molecule has 7 nitrogen and oxygen atoms in total. The molecule has 0 aliphatic carbocycles. The Hall–Kier alpha value is -1.67. The van der Waals surface area contributed by atoms with Gasteiger partial charge in [-0.05, 0) is 6.07 Å². The fourth-order valence-electron chi connectivity index (χ4n) is 1.10. The third kappa shape index (κ3) is 3.68. The lowest BCUT2D eigenvalue weighted by molar-refractivity contribution is -0.385. The van der Waals surface area contributed by atoms with Crippen LogP contribution in [-0.2, 0) is 13.8 Å². The minimum Gasteiger partial charge on any atom is -0.326 e. The molecule has 17 heavy (non-hydrogen) atoms. The number of halogens is 1. The van der Waals surface area contributed by atoms with Gasteiger partial charge in [0.2, 0.25) is 5.91 Å². The Morgan fingerprint density at radius 2 is 2.00 bits per heavy atom. The van der Waals surface area contributed by atoms with Crippen LogP contribution in [-0.4, -0.2) is 19.2 Å². The van der Waals surface area contributed by atoms with Gasteiger partial charge in [-0.15, -0.1) is 0 Å². The van der Waals surface area contributed by atoms with Crippen molar-refractivity contribution in [2.45, 2.75) is 11.8 Å². The molecule has 1 aromatic rings. The van der Waals surface area contributed by atoms with Gasteiger partial charge in [0.1, 0.15) is 0 Å². The van der Waals surface area contributed by atoms with Crippen LogP contribution in [0.4, 0.5) is 11.4 Å². The van der Waals surface area contributed by atoms with E-state index in [1.165, 1.54) is 6.92 Å². The Balaban J connectivity index is 3.39. The number of benzene rings is 1. The second-order valence-electron chi connectivity index (χ2n) is 3.09. The maximum Gasteiger partial charge on any atom is 0.272 e. The highest BCUT2D eigenvalue weighted by Gasteiger charge is 2.17. The van der Waals surface area contributed by atoms with Crippen LogP contribution < -0.4 is 5.32 Å². The Morgan fingerprint density at radius 3 is 2.41 bits per heavy atom. The van der Waals surface area contributed by atoms with Crippen molar-refractivity contribution < 1.29 is 18.1 Å². The van der Waals surface area contributed by atoms with Gasteiger partial charge < -0.3 is 5.32 Å². The van der Waals surface area contributed by atoms with E-state index in [9.17, 15) is 23.3 Å². The number of amides is 1. The first-order chi connectivity index (χ1) is 7.70. The van der Waals surface area contributed by atoms with E-state index in [0.29, 0.717) is 0 Å². The van der Waals surface area contributed by atoms with Crippen molar-refractivity contribution >= 4 is 37.0 Å². The van der Waals surface area contributed by atoms with Crippen molar-refractivity contribution in [1.29, 1.82) is 0 Å². The fourth-order valence-corrected chi connectivity index (χ4v) is 1.90. The summed E-state index contributed by atoms with van der Waals surface area (Å²) in [5.41, 5.74) is -0.485. The predicted molar refractivity (Wildman–Crippen MR) is 60.4 cm³/mol. The van der Waals surface area contributed by atoms with E-state index < -0.39 is 30.5 Å². The number of non-ortho nitro benzene ring substituents is 1. The SMILES string of the molecule is CC(=O)Nc1cc([N+](=O)[O-])cc(S(=O)(=O)Cl)c1. The van der Waals surface area contributed by atoms with E-state index in [0.717, 1.165) is 18.2 Å². The molecule has 9 heteroatoms. The molecular formula is C8H7ClN2O5S. The van der Waals surface area contributed by atoms with Crippen molar-refractivity contribution in [1.82, 2.24) is 0 Å². The van der Waals surface area contributed by atoms with Crippen LogP contribution in [0, 0.1) is 10.1 Å². The minimum absolute atomic E-state index is 0.00840. The van der Waals surface area contributed by atoms with Crippen molar-refractivity contribution in [3.05, 3.63) is 28.3 Å². The molecule has 0 unspecified atom stereocenters. The average molecular weight is 279 g/mol. The first-order valence-corrected chi connectivity index (χ1v) is 6.53. The largest absolute Gasteiger partial charge is 0.326 e. The number of nitro groups is 1. The summed E-state index contributed by atoms with van der Waals surface area (Å²) in [6.07, 6.45) is 0. The second-order valence-corrected chi connectivity index (χ2v) is 5.66. The highest BCUT2D eigenvalue weighted by atomic mass is 35.7. The zero-order valence-corrected chi connectivity index (χ0v) is 10.1. The molecule has 0 spiro atoms. The molecule has 0 fully saturated rings. The van der Waals surface area contributed by atoms with Crippen molar-refractivity contribution in [3.63, 3.8) is 0 Å². The van der Waals surface area contributed by atoms with Crippen molar-refractivity contribution in [2.75, 3.05) is 5.32 Å². The molecule has 0 heterocycles. The quantitative estimate of drug-likeness (QED) is 0.512. The molecule has 0 aliphatic rings. The van der Waals surface area contributed by atoms with Gasteiger partial charge in [0.05, 0.1) is 9.82 Å². The number of anilines is 1. The molecule has 0 atom stereocenters. The molecule has 0 radical (unpaired) electrons. The molecular weight excluding hydrogens is 272 g/mol. The summed E-state index contributed by atoms with van der Waals surface area (Å²) in [6, 6.07) is 2.89. The monoisotopic (exact) mass is 278 g/mol. The van der Waals surface area contributed by atoms with E-state index in [1.54, 1.807) is 0 Å². The fraction of sp³-hybridized carbons (Fsp3) is 0.125. The summed E-state index contributed by atoms with van der Waals surface area (Å²) in [5.74, 6) is -0.483. The summed E-state index contributed by atoms with van der Waals surface area (Å²) in [7, 11) is 0.980. The number of hydrogen-bond donors (Lipinski definition) is 1. The Labute approximate surface area is 101 Å². The van der Waals surface area contributed by atoms with Gasteiger partial charge in [0.25, 0.3) is 14.7 Å². The molecule has 1 rings (SSSR count). The first kappa shape index (κ1) is 13.4. The number of nitro benzene ring substituents is 1. The van der Waals surface area contributed by atoms with Crippen molar-refractivity contribution in [3.8, 4) is 0 Å². The maximum atomic E-state index is 11.1. The van der Waals surface area contributed by atoms with Crippen molar-refractivity contribution in [2.24, 2.45) is 0 Å². The van der Waals surface area contributed by atoms with Gasteiger partial charge in [-0.2, -0.15) is 0 Å². The zero-order valence-electron chi connectivity index (χ0n) is 8.51. The normalized spacial score (nSPS) is 10.9. The third-order valence-electron chi connectivity index (χ3n) is 1.70. The van der Waals surface area contributed by atoms with Crippen LogP contribution in [0.1, 0.15) is 6.92 Å². The first-order valence-electron chi connectivity index (χ1n) is 4.22. The molecule has 0 bridgehead atoms. The number of rotatable bonds is 3. The molecule has 1 aromatic carbocycles. The maximum absolute atomic E-state index is 11.1. The summed E-state index contributed by atoms with van der Waals surface area (Å²) in [5, 5.41) is 12.8. The van der Waals surface area contributed by atoms with Crippen LogP contribution in [0.25, 0.3) is 0 Å². The van der Waals surface area contributed by atoms with Gasteiger partial charge >= 0.3 is 0 Å². The molecule has 1 amide bonds. The van der Waals surface area contributed by atoms with Crippen LogP contribution in [0.3, 0.4) is 0 Å². The predicted octanol–water partition coefficient (Wildman–Crippen LogP) is 1.48. The van der Waals surface area contributed by atoms with E-state index in [1.807, 2.05) is 0 Å². The van der Waals surface area contributed by atoms with Gasteiger partial charge in [-0.1, -0.05) is 0 Å². The summed E-state index contributed by atoms with van der Waals surface area (Å²) in [6.45, 7) is 1.19. The Kier molecular flexibility index (Phi) is 3.69. The molecule has 0 aliphatic heterocycles. The molecule has 0 aromatic heterocycles. The van der Waals surface area contributed by atoms with Crippen LogP contribution >= 0.6 is 10.7 Å². The third-order valence-corrected chi connectivity index (χ3v) is 3.04. The molecule has 0 saturated heterocycles. The standard InChI is InChI=1S/C8H7ClN2O5S/c1-5(12)10-6-2-7(11(13)14)4-8(3-6)17(9,15)16/h2-4H,1H3,(H,10,12). The van der Waals surface area contributed by atoms with Gasteiger partial charge in [-0.25, -0.2) is 8.42 Å². The van der Waals surface area contributed by atoms with E-state index in [-0.39, 0.29) is 5.69 Å². The summed E-state index contributed by atoms with van der Waals surface area (Å²) >= 11 is 0. The molecule has 0 saturated carbocycles. The Morgan fingerprint density at radius 1 is 1.41 bits per heavy atom. The van der Waals surface area contributed by atoms with Gasteiger partial charge in [0, 0.05) is 35.4 Å². The zero-order chi connectivity index (χ0) is 13.2. The number of nitrogens with one attached hydrogen (secondary N) is 1. The topological polar surface area (TPSA) is 106 Å². The lowest BCUT2D eigenvalue weighted by Gasteiger charge is -2.04. The second kappa shape index (κ2) is 4.68. The molecule has 92 valence electrons. The molecule has 1 N–H and O–H groups in total. The lowest BCUT2D eigenvalue weighted by Crippen LogP contribution is -2.07. The van der Waals surface area contributed by atoms with Crippen LogP contribution in [0.15, 0.2) is 23.1 Å². The smallest absolute Gasteiger partial charge is 0.272 e. The number of carbonyl (C=O) groups excluding carboxylic acids is 1. The van der Waals surface area contributed by atoms with E-state index in [2.05, 4.69) is 5.32 Å². The highest BCUT2D eigenvalue weighted by Crippen LogP contribution is 2.26. The van der Waals surface area contributed by atoms with Crippen LogP contribution in [0.2, 0.25) is 0 Å². The minimum atomic E-state index is -4.10. The van der Waals surface area contributed by atoms with Gasteiger partial charge in [-0.3, -0.25) is 14.9 Å². The number of carbonyl (C=O) groups is 1. The Bertz CT molecular complexity index is 584. The van der Waals surface area contributed by atoms with Crippen LogP contribution in [0.5, 0.6) is 0 Å². The highest BCUT2D eigenvalue weighted by molar-refractivity contribution is 8.13. The lowest BCUT2D eigenvalue weighted by atomic mass is 10.3. The summed E-state index contributed by atoms with van der Waals surface area (Å²) in [4.78, 5) is 20.1. The van der Waals surface area contributed by atoms with Gasteiger partial charge in [0.15, 0.2) is 0 Å². The van der Waals surface area contributed by atoms with E-state index >= 15 is 0 Å². The average Bonchev–Trinajstić information content (AvgIpc) is 2.14.